The first-order valence-electron chi connectivity index (χ1n) is 12.1. The molecule has 0 spiro atoms. The van der Waals surface area contributed by atoms with Gasteiger partial charge in [0.1, 0.15) is 34.5 Å². The summed E-state index contributed by atoms with van der Waals surface area (Å²) in [6.45, 7) is 3.49. The molecule has 0 aliphatic rings. The maximum Gasteiger partial charge on any atom is 0.213 e. The second kappa shape index (κ2) is 11.7. The highest BCUT2D eigenvalue weighted by Crippen LogP contribution is 2.37. The average Bonchev–Trinajstić information content (AvgIpc) is 3.35. The van der Waals surface area contributed by atoms with Gasteiger partial charge in [0.15, 0.2) is 21.5 Å². The van der Waals surface area contributed by atoms with Crippen molar-refractivity contribution in [3.05, 3.63) is 66.0 Å². The van der Waals surface area contributed by atoms with Gasteiger partial charge >= 0.3 is 0 Å². The Hall–Kier alpha value is -4.10. The van der Waals surface area contributed by atoms with Crippen LogP contribution >= 0.6 is 0 Å². The van der Waals surface area contributed by atoms with Crippen molar-refractivity contribution < 1.29 is 22.6 Å². The molecule has 0 unspecified atom stereocenters. The average molecular weight is 554 g/mol. The van der Waals surface area contributed by atoms with E-state index >= 15 is 0 Å². The van der Waals surface area contributed by atoms with E-state index in [0.29, 0.717) is 40.4 Å². The van der Waals surface area contributed by atoms with Gasteiger partial charge in [-0.1, -0.05) is 12.1 Å². The molecule has 3 heterocycles. The summed E-state index contributed by atoms with van der Waals surface area (Å²) < 4.78 is 45.7. The van der Waals surface area contributed by atoms with Gasteiger partial charge in [0, 0.05) is 18.5 Å². The van der Waals surface area contributed by atoms with Gasteiger partial charge in [0.25, 0.3) is 0 Å². The number of aromatic nitrogens is 6. The molecule has 12 nitrogen and oxygen atoms in total. The Morgan fingerprint density at radius 3 is 2.18 bits per heavy atom. The molecule has 0 saturated carbocycles. The van der Waals surface area contributed by atoms with Crippen LogP contribution in [0, 0.1) is 6.92 Å². The zero-order chi connectivity index (χ0) is 28.2. The number of sulfone groups is 1. The minimum Gasteiger partial charge on any atom is -0.494 e. The fourth-order valence-corrected chi connectivity index (χ4v) is 5.65. The van der Waals surface area contributed by atoms with Gasteiger partial charge in [-0.3, -0.25) is 4.57 Å². The number of hydrogen-bond donors (Lipinski definition) is 1. The number of ether oxygens (including phenoxy) is 3. The molecule has 4 aromatic rings. The first-order valence-corrected chi connectivity index (χ1v) is 13.8. The lowest BCUT2D eigenvalue weighted by Crippen LogP contribution is -2.36. The summed E-state index contributed by atoms with van der Waals surface area (Å²) in [7, 11) is 2.39. The molecule has 2 atom stereocenters. The second-order valence-corrected chi connectivity index (χ2v) is 11.1. The van der Waals surface area contributed by atoms with Crippen LogP contribution in [0.1, 0.15) is 30.2 Å². The van der Waals surface area contributed by atoms with E-state index in [4.69, 9.17) is 14.2 Å². The van der Waals surface area contributed by atoms with E-state index in [1.54, 1.807) is 67.3 Å². The molecule has 0 aliphatic carbocycles. The zero-order valence-electron chi connectivity index (χ0n) is 22.6. The Morgan fingerprint density at radius 1 is 0.949 bits per heavy atom. The molecule has 0 fully saturated rings. The van der Waals surface area contributed by atoms with Crippen molar-refractivity contribution in [2.75, 3.05) is 28.4 Å². The molecule has 1 N–H and O–H groups in total. The van der Waals surface area contributed by atoms with Crippen LogP contribution in [0.4, 0.5) is 0 Å². The summed E-state index contributed by atoms with van der Waals surface area (Å²) in [6, 6.07) is 9.81. The molecule has 0 saturated heterocycles. The zero-order valence-corrected chi connectivity index (χ0v) is 23.4. The molecule has 0 amide bonds. The fourth-order valence-electron chi connectivity index (χ4n) is 4.17. The highest BCUT2D eigenvalue weighted by molar-refractivity contribution is 7.91. The van der Waals surface area contributed by atoms with Crippen molar-refractivity contribution in [3.63, 3.8) is 0 Å². The summed E-state index contributed by atoms with van der Waals surface area (Å²) in [6.07, 6.45) is 3.31. The molecular weight excluding hydrogens is 522 g/mol. The van der Waals surface area contributed by atoms with E-state index in [0.717, 1.165) is 5.56 Å². The Labute approximate surface area is 227 Å². The molecule has 13 heteroatoms. The number of methoxy groups -OCH3 is 3. The number of pyridine rings is 1. The number of benzene rings is 1. The number of hydrogen-bond acceptors (Lipinski definition) is 11. The van der Waals surface area contributed by atoms with Crippen LogP contribution in [0.2, 0.25) is 0 Å². The molecule has 3 aromatic heterocycles. The van der Waals surface area contributed by atoms with Crippen molar-refractivity contribution in [1.82, 2.24) is 35.0 Å². The monoisotopic (exact) mass is 553 g/mol. The highest BCUT2D eigenvalue weighted by Gasteiger charge is 2.34. The van der Waals surface area contributed by atoms with Crippen molar-refractivity contribution in [2.24, 2.45) is 0 Å². The van der Waals surface area contributed by atoms with Crippen LogP contribution in [-0.2, 0) is 15.6 Å². The minimum absolute atomic E-state index is 0.156. The molecule has 0 bridgehead atoms. The Morgan fingerprint density at radius 2 is 1.59 bits per heavy atom. The summed E-state index contributed by atoms with van der Waals surface area (Å²) in [4.78, 5) is 13.2. The van der Waals surface area contributed by atoms with E-state index in [1.807, 2.05) is 6.92 Å². The van der Waals surface area contributed by atoms with Crippen LogP contribution in [0.5, 0.6) is 17.4 Å². The van der Waals surface area contributed by atoms with Crippen LogP contribution < -0.4 is 19.5 Å². The number of nitrogens with zero attached hydrogens (tertiary/aromatic N) is 6. The van der Waals surface area contributed by atoms with Gasteiger partial charge in [-0.25, -0.2) is 23.4 Å². The van der Waals surface area contributed by atoms with E-state index < -0.39 is 26.9 Å². The van der Waals surface area contributed by atoms with Gasteiger partial charge in [0.05, 0.1) is 32.6 Å². The van der Waals surface area contributed by atoms with Crippen LogP contribution in [-0.4, -0.2) is 71.8 Å². The molecule has 0 radical (unpaired) electrons. The van der Waals surface area contributed by atoms with Crippen LogP contribution in [0.15, 0.2) is 48.8 Å². The minimum atomic E-state index is -3.83. The molecule has 206 valence electrons. The first-order chi connectivity index (χ1) is 18.7. The van der Waals surface area contributed by atoms with Gasteiger partial charge in [0.2, 0.25) is 5.88 Å². The summed E-state index contributed by atoms with van der Waals surface area (Å²) in [5.41, 5.74) is 1.74. The van der Waals surface area contributed by atoms with Gasteiger partial charge in [-0.2, -0.15) is 0 Å². The molecule has 1 aromatic carbocycles. The standard InChI is InChI=1S/C26H31N7O5S/c1-16-13-28-25(29-14-16)23(27-3)17(2)39(34,35)15-21-31-32-26(18-9-7-12-22(30-18)38-6)33(21)24-19(36-4)10-8-11-20(24)37-5/h7-14,17,23,27H,15H2,1-6H3/t17-,23+/m0/s1. The number of nitrogens with one attached hydrogen (secondary N) is 1. The third-order valence-electron chi connectivity index (χ3n) is 6.27. The Bertz CT molecular complexity index is 1520. The maximum atomic E-state index is 13.8. The second-order valence-electron chi connectivity index (χ2n) is 8.75. The number of para-hydroxylation sites is 1. The largest absolute Gasteiger partial charge is 0.494 e. The van der Waals surface area contributed by atoms with E-state index in [9.17, 15) is 8.42 Å². The topological polar surface area (TPSA) is 143 Å². The normalized spacial score (nSPS) is 13.1. The lowest BCUT2D eigenvalue weighted by molar-refractivity contribution is 0.390. The smallest absolute Gasteiger partial charge is 0.213 e. The number of aryl methyl sites for hydroxylation is 1. The summed E-state index contributed by atoms with van der Waals surface area (Å²) in [5, 5.41) is 10.8. The first kappa shape index (κ1) is 27.9. The lowest BCUT2D eigenvalue weighted by Gasteiger charge is -2.23. The van der Waals surface area contributed by atoms with E-state index in [1.165, 1.54) is 21.3 Å². The van der Waals surface area contributed by atoms with Crippen molar-refractivity contribution >= 4 is 9.84 Å². The lowest BCUT2D eigenvalue weighted by atomic mass is 10.2. The molecule has 4 rings (SSSR count). The molecule has 0 aliphatic heterocycles. The highest BCUT2D eigenvalue weighted by atomic mass is 32.2. The van der Waals surface area contributed by atoms with Crippen molar-refractivity contribution in [2.45, 2.75) is 30.9 Å². The predicted molar refractivity (Wildman–Crippen MR) is 145 cm³/mol. The molecule has 39 heavy (non-hydrogen) atoms. The summed E-state index contributed by atoms with van der Waals surface area (Å²) >= 11 is 0. The van der Waals surface area contributed by atoms with Gasteiger partial charge < -0.3 is 19.5 Å². The predicted octanol–water partition coefficient (Wildman–Crippen LogP) is 2.72. The van der Waals surface area contributed by atoms with Crippen LogP contribution in [0.3, 0.4) is 0 Å². The summed E-state index contributed by atoms with van der Waals surface area (Å²) in [5.74, 6) is 1.64. The van der Waals surface area contributed by atoms with E-state index in [2.05, 4.69) is 30.5 Å². The fraction of sp³-hybridized carbons (Fsp3) is 0.346. The van der Waals surface area contributed by atoms with E-state index in [-0.39, 0.29) is 5.82 Å². The third-order valence-corrected chi connectivity index (χ3v) is 8.34. The Kier molecular flexibility index (Phi) is 8.41. The number of rotatable bonds is 11. The van der Waals surface area contributed by atoms with Crippen molar-refractivity contribution in [3.8, 4) is 34.6 Å². The van der Waals surface area contributed by atoms with Crippen LogP contribution in [0.25, 0.3) is 17.2 Å². The molecular formula is C26H31N7O5S. The quantitative estimate of drug-likeness (QED) is 0.293. The van der Waals surface area contributed by atoms with Crippen molar-refractivity contribution in [1.29, 1.82) is 0 Å². The van der Waals surface area contributed by atoms with Gasteiger partial charge in [-0.05, 0) is 44.7 Å². The van der Waals surface area contributed by atoms with Gasteiger partial charge in [-0.15, -0.1) is 10.2 Å². The third kappa shape index (κ3) is 5.68. The SMILES string of the molecule is CN[C@@H](c1ncc(C)cn1)[C@H](C)S(=O)(=O)Cc1nnc(-c2cccc(OC)n2)n1-c1c(OC)cccc1OC. The maximum absolute atomic E-state index is 13.8. The Balaban J connectivity index is 1.85.